The van der Waals surface area contributed by atoms with Crippen molar-refractivity contribution >= 4 is 11.6 Å². The average Bonchev–Trinajstić information content (AvgIpc) is 3.26. The Labute approximate surface area is 189 Å². The second-order valence-electron chi connectivity index (χ2n) is 8.26. The van der Waals surface area contributed by atoms with E-state index in [4.69, 9.17) is 9.47 Å². The molecule has 7 nitrogen and oxygen atoms in total. The number of pyridine rings is 1. The molecular formula is C25H32N4O3. The molecule has 0 saturated carbocycles. The molecule has 1 fully saturated rings. The molecule has 1 saturated heterocycles. The summed E-state index contributed by atoms with van der Waals surface area (Å²) < 4.78 is 12.9. The van der Waals surface area contributed by atoms with Crippen molar-refractivity contribution in [2.45, 2.75) is 25.7 Å². The molecule has 1 aromatic carbocycles. The summed E-state index contributed by atoms with van der Waals surface area (Å²) in [6, 6.07) is 12.0. The number of aromatic nitrogens is 2. The number of rotatable bonds is 9. The zero-order valence-electron chi connectivity index (χ0n) is 18.9. The Bertz CT molecular complexity index is 1040. The van der Waals surface area contributed by atoms with Crippen LogP contribution in [0.4, 0.5) is 0 Å². The minimum atomic E-state index is -0.124. The minimum Gasteiger partial charge on any atom is -0.497 e. The number of nitrogens with one attached hydrogen (secondary N) is 1. The third-order valence-corrected chi connectivity index (χ3v) is 6.08. The first-order chi connectivity index (χ1) is 15.7. The summed E-state index contributed by atoms with van der Waals surface area (Å²) in [7, 11) is 1.66. The third kappa shape index (κ3) is 5.29. The minimum absolute atomic E-state index is 0.0439. The van der Waals surface area contributed by atoms with Crippen LogP contribution >= 0.6 is 0 Å². The molecule has 32 heavy (non-hydrogen) atoms. The molecule has 3 aromatic rings. The Morgan fingerprint density at radius 3 is 2.91 bits per heavy atom. The lowest BCUT2D eigenvalue weighted by atomic mass is 9.92. The van der Waals surface area contributed by atoms with E-state index < -0.39 is 0 Å². The largest absolute Gasteiger partial charge is 0.497 e. The van der Waals surface area contributed by atoms with Crippen LogP contribution in [0.1, 0.15) is 35.6 Å². The van der Waals surface area contributed by atoms with Crippen LogP contribution in [0.3, 0.4) is 0 Å². The van der Waals surface area contributed by atoms with Crippen LogP contribution in [-0.2, 0) is 9.53 Å². The van der Waals surface area contributed by atoms with E-state index in [1.807, 2.05) is 55.7 Å². The molecule has 1 aliphatic rings. The van der Waals surface area contributed by atoms with Crippen molar-refractivity contribution in [1.82, 2.24) is 19.6 Å². The van der Waals surface area contributed by atoms with Gasteiger partial charge in [-0.25, -0.2) is 4.98 Å². The van der Waals surface area contributed by atoms with Gasteiger partial charge in [-0.15, -0.1) is 0 Å². The fourth-order valence-electron chi connectivity index (χ4n) is 4.29. The summed E-state index contributed by atoms with van der Waals surface area (Å²) in [5.74, 6) is 0.701. The molecule has 170 valence electrons. The number of carbonyl (C=O) groups is 1. The number of hydrogen-bond acceptors (Lipinski definition) is 5. The van der Waals surface area contributed by atoms with E-state index in [-0.39, 0.29) is 11.8 Å². The van der Waals surface area contributed by atoms with Gasteiger partial charge in [0.15, 0.2) is 0 Å². The van der Waals surface area contributed by atoms with Crippen molar-refractivity contribution in [3.8, 4) is 5.75 Å². The van der Waals surface area contributed by atoms with Gasteiger partial charge in [-0.3, -0.25) is 9.69 Å². The van der Waals surface area contributed by atoms with Crippen LogP contribution in [0, 0.1) is 6.92 Å². The van der Waals surface area contributed by atoms with Gasteiger partial charge in [0.2, 0.25) is 5.91 Å². The number of aryl methyl sites for hydroxylation is 1. The maximum atomic E-state index is 12.9. The summed E-state index contributed by atoms with van der Waals surface area (Å²) in [5, 5.41) is 3.11. The Hall–Kier alpha value is -2.90. The number of fused-ring (bicyclic) bond motifs is 1. The fourth-order valence-corrected chi connectivity index (χ4v) is 4.29. The highest BCUT2D eigenvalue weighted by Crippen LogP contribution is 2.31. The second-order valence-corrected chi connectivity index (χ2v) is 8.26. The molecule has 0 aliphatic carbocycles. The Kier molecular flexibility index (Phi) is 7.39. The Balaban J connectivity index is 1.48. The Morgan fingerprint density at radius 1 is 1.25 bits per heavy atom. The van der Waals surface area contributed by atoms with Gasteiger partial charge in [-0.2, -0.15) is 0 Å². The zero-order chi connectivity index (χ0) is 22.3. The molecule has 0 spiro atoms. The third-order valence-electron chi connectivity index (χ3n) is 6.08. The highest BCUT2D eigenvalue weighted by atomic mass is 16.5. The number of amides is 1. The summed E-state index contributed by atoms with van der Waals surface area (Å²) in [6.07, 6.45) is 5.19. The topological polar surface area (TPSA) is 68.1 Å². The van der Waals surface area contributed by atoms with Crippen molar-refractivity contribution in [2.24, 2.45) is 0 Å². The normalized spacial score (nSPS) is 15.6. The number of benzene rings is 1. The number of methoxy groups -OCH3 is 1. The van der Waals surface area contributed by atoms with Crippen molar-refractivity contribution in [2.75, 3.05) is 46.5 Å². The molecular weight excluding hydrogens is 404 g/mol. The maximum absolute atomic E-state index is 12.9. The van der Waals surface area contributed by atoms with E-state index in [0.717, 1.165) is 67.5 Å². The number of morpholine rings is 1. The zero-order valence-corrected chi connectivity index (χ0v) is 18.9. The van der Waals surface area contributed by atoms with E-state index >= 15 is 0 Å². The number of nitrogens with zero attached hydrogens (tertiary/aromatic N) is 3. The number of imidazole rings is 1. The second kappa shape index (κ2) is 10.6. The van der Waals surface area contributed by atoms with Gasteiger partial charge in [-0.05, 0) is 49.2 Å². The molecule has 3 heterocycles. The lowest BCUT2D eigenvalue weighted by Crippen LogP contribution is -2.38. The highest BCUT2D eigenvalue weighted by Gasteiger charge is 2.23. The van der Waals surface area contributed by atoms with Crippen LogP contribution < -0.4 is 10.1 Å². The van der Waals surface area contributed by atoms with Gasteiger partial charge in [0, 0.05) is 44.4 Å². The van der Waals surface area contributed by atoms with E-state index in [1.54, 1.807) is 7.11 Å². The van der Waals surface area contributed by atoms with Gasteiger partial charge < -0.3 is 19.2 Å². The van der Waals surface area contributed by atoms with Gasteiger partial charge in [0.05, 0.1) is 26.0 Å². The number of hydrogen-bond donors (Lipinski definition) is 1. The lowest BCUT2D eigenvalue weighted by Gasteiger charge is -2.26. The molecule has 1 amide bonds. The smallest absolute Gasteiger partial charge is 0.221 e. The summed E-state index contributed by atoms with van der Waals surface area (Å²) in [4.78, 5) is 19.9. The quantitative estimate of drug-likeness (QED) is 0.523. The van der Waals surface area contributed by atoms with E-state index in [0.29, 0.717) is 13.0 Å². The van der Waals surface area contributed by atoms with Crippen molar-refractivity contribution in [1.29, 1.82) is 0 Å². The van der Waals surface area contributed by atoms with Crippen molar-refractivity contribution in [3.63, 3.8) is 0 Å². The molecule has 1 atom stereocenters. The van der Waals surface area contributed by atoms with Crippen LogP contribution in [0.2, 0.25) is 0 Å². The summed E-state index contributed by atoms with van der Waals surface area (Å²) >= 11 is 0. The fraction of sp³-hybridized carbons (Fsp3) is 0.440. The first-order valence-electron chi connectivity index (χ1n) is 11.3. The predicted octanol–water partition coefficient (Wildman–Crippen LogP) is 3.01. The first-order valence-corrected chi connectivity index (χ1v) is 11.3. The molecule has 4 rings (SSSR count). The summed E-state index contributed by atoms with van der Waals surface area (Å²) in [5.41, 5.74) is 4.06. The van der Waals surface area contributed by atoms with Gasteiger partial charge in [0.1, 0.15) is 11.4 Å². The van der Waals surface area contributed by atoms with Crippen molar-refractivity contribution < 1.29 is 14.3 Å². The standard InChI is InChI=1S/C25H32N4O3/c1-19-6-4-11-29-23(18-27-25(19)29)22(20-7-3-8-21(16-20)31-2)17-24(30)26-9-5-10-28-12-14-32-15-13-28/h3-4,6-8,11,16,18,22H,5,9-10,12-15,17H2,1-2H3,(H,26,30). The van der Waals surface area contributed by atoms with Crippen LogP contribution in [-0.4, -0.2) is 66.7 Å². The molecule has 2 aromatic heterocycles. The monoisotopic (exact) mass is 436 g/mol. The van der Waals surface area contributed by atoms with E-state index in [9.17, 15) is 4.79 Å². The van der Waals surface area contributed by atoms with Gasteiger partial charge in [-0.1, -0.05) is 18.2 Å². The van der Waals surface area contributed by atoms with Crippen molar-refractivity contribution in [3.05, 3.63) is 65.6 Å². The van der Waals surface area contributed by atoms with Crippen LogP contribution in [0.5, 0.6) is 5.75 Å². The number of carbonyl (C=O) groups excluding carboxylic acids is 1. The van der Waals surface area contributed by atoms with Gasteiger partial charge >= 0.3 is 0 Å². The molecule has 7 heteroatoms. The van der Waals surface area contributed by atoms with Gasteiger partial charge in [0.25, 0.3) is 0 Å². The number of ether oxygens (including phenoxy) is 2. The van der Waals surface area contributed by atoms with E-state index in [2.05, 4.69) is 19.6 Å². The molecule has 1 aliphatic heterocycles. The maximum Gasteiger partial charge on any atom is 0.221 e. The van der Waals surface area contributed by atoms with E-state index in [1.165, 1.54) is 0 Å². The predicted molar refractivity (Wildman–Crippen MR) is 124 cm³/mol. The summed E-state index contributed by atoms with van der Waals surface area (Å²) in [6.45, 7) is 7.25. The van der Waals surface area contributed by atoms with Crippen LogP contribution in [0.15, 0.2) is 48.8 Å². The lowest BCUT2D eigenvalue weighted by molar-refractivity contribution is -0.121. The molecule has 0 bridgehead atoms. The Morgan fingerprint density at radius 2 is 2.09 bits per heavy atom. The first kappa shape index (κ1) is 22.3. The average molecular weight is 437 g/mol. The molecule has 1 unspecified atom stereocenters. The molecule has 0 radical (unpaired) electrons. The molecule has 1 N–H and O–H groups in total. The van der Waals surface area contributed by atoms with Crippen LogP contribution in [0.25, 0.3) is 5.65 Å². The SMILES string of the molecule is COc1cccc(C(CC(=O)NCCCN2CCOCC2)c2cnc3c(C)cccn23)c1. The highest BCUT2D eigenvalue weighted by molar-refractivity contribution is 5.77.